The molecule has 0 fully saturated rings. The van der Waals surface area contributed by atoms with Crippen molar-refractivity contribution in [1.82, 2.24) is 5.06 Å². The van der Waals surface area contributed by atoms with E-state index < -0.39 is 0 Å². The van der Waals surface area contributed by atoms with Crippen LogP contribution in [0.5, 0.6) is 0 Å². The minimum absolute atomic E-state index is 0.491. The zero-order valence-electron chi connectivity index (χ0n) is 6.83. The molecule has 0 amide bonds. The third-order valence-electron chi connectivity index (χ3n) is 2.29. The van der Waals surface area contributed by atoms with Gasteiger partial charge in [0.05, 0.1) is 7.05 Å². The number of amidine groups is 1. The van der Waals surface area contributed by atoms with Crippen molar-refractivity contribution in [2.75, 3.05) is 13.6 Å². The Morgan fingerprint density at radius 2 is 2.40 bits per heavy atom. The minimum Gasteiger partial charge on any atom is -0.260 e. The molecule has 1 aliphatic heterocycles. The highest BCUT2D eigenvalue weighted by atomic mass is 16.5. The van der Waals surface area contributed by atoms with Gasteiger partial charge in [0.15, 0.2) is 6.54 Å². The van der Waals surface area contributed by atoms with E-state index in [0.29, 0.717) is 6.04 Å². The maximum atomic E-state index is 9.22. The predicted molar refractivity (Wildman–Crippen MR) is 39.4 cm³/mol. The molecular formula is C7H15N2O+. The molecule has 10 heavy (non-hydrogen) atoms. The summed E-state index contributed by atoms with van der Waals surface area (Å²) in [5.74, 6) is 0.951. The van der Waals surface area contributed by atoms with E-state index >= 15 is 0 Å². The van der Waals surface area contributed by atoms with Crippen LogP contribution in [0.2, 0.25) is 0 Å². The van der Waals surface area contributed by atoms with E-state index in [9.17, 15) is 5.21 Å². The second-order valence-corrected chi connectivity index (χ2v) is 2.80. The van der Waals surface area contributed by atoms with Crippen molar-refractivity contribution in [1.29, 1.82) is 0 Å². The Balaban J connectivity index is 2.73. The number of likely N-dealkylation sites (N-methyl/N-ethyl adjacent to an activating group) is 1. The summed E-state index contributed by atoms with van der Waals surface area (Å²) in [6.07, 6.45) is 1.09. The lowest BCUT2D eigenvalue weighted by molar-refractivity contribution is -0.527. The van der Waals surface area contributed by atoms with Crippen molar-refractivity contribution in [2.24, 2.45) is 0 Å². The number of hydroxylamine groups is 2. The van der Waals surface area contributed by atoms with Crippen LogP contribution in [0.1, 0.15) is 20.3 Å². The lowest BCUT2D eigenvalue weighted by Crippen LogP contribution is -2.23. The monoisotopic (exact) mass is 143 g/mol. The maximum absolute atomic E-state index is 9.22. The van der Waals surface area contributed by atoms with Crippen LogP contribution in [0.15, 0.2) is 0 Å². The average molecular weight is 143 g/mol. The largest absolute Gasteiger partial charge is 0.274 e. The summed E-state index contributed by atoms with van der Waals surface area (Å²) >= 11 is 0. The summed E-state index contributed by atoms with van der Waals surface area (Å²) in [6.45, 7) is 4.81. The van der Waals surface area contributed by atoms with Gasteiger partial charge >= 0.3 is 0 Å². The molecular weight excluding hydrogens is 128 g/mol. The van der Waals surface area contributed by atoms with E-state index in [0.717, 1.165) is 18.8 Å². The number of hydrogen-bond donors (Lipinski definition) is 1. The molecule has 0 aliphatic carbocycles. The molecule has 58 valence electrons. The summed E-state index contributed by atoms with van der Waals surface area (Å²) in [6, 6.07) is 0.491. The lowest BCUT2D eigenvalue weighted by atomic mass is 10.2. The Hall–Kier alpha value is -0.570. The highest BCUT2D eigenvalue weighted by Gasteiger charge is 2.31. The van der Waals surface area contributed by atoms with Gasteiger partial charge in [-0.1, -0.05) is 6.92 Å². The van der Waals surface area contributed by atoms with Crippen molar-refractivity contribution >= 4 is 5.84 Å². The van der Waals surface area contributed by atoms with Gasteiger partial charge in [-0.3, -0.25) is 4.58 Å². The number of rotatable bonds is 1. The average Bonchev–Trinajstić information content (AvgIpc) is 2.17. The van der Waals surface area contributed by atoms with Gasteiger partial charge < -0.3 is 0 Å². The first-order valence-electron chi connectivity index (χ1n) is 3.69. The highest BCUT2D eigenvalue weighted by Crippen LogP contribution is 2.07. The first kappa shape index (κ1) is 7.54. The molecule has 0 bridgehead atoms. The normalized spacial score (nSPS) is 26.4. The molecule has 0 saturated heterocycles. The molecule has 1 rings (SSSR count). The second kappa shape index (κ2) is 2.58. The fourth-order valence-corrected chi connectivity index (χ4v) is 1.30. The van der Waals surface area contributed by atoms with Crippen LogP contribution in [0.4, 0.5) is 0 Å². The molecule has 1 N–H and O–H groups in total. The topological polar surface area (TPSA) is 26.5 Å². The molecule has 0 aromatic rings. The van der Waals surface area contributed by atoms with Crippen molar-refractivity contribution in [2.45, 2.75) is 26.3 Å². The van der Waals surface area contributed by atoms with Crippen LogP contribution in [0.25, 0.3) is 0 Å². The van der Waals surface area contributed by atoms with Gasteiger partial charge in [-0.2, -0.15) is 0 Å². The van der Waals surface area contributed by atoms with Gasteiger partial charge in [-0.05, 0) is 6.42 Å². The third-order valence-corrected chi connectivity index (χ3v) is 2.29. The summed E-state index contributed by atoms with van der Waals surface area (Å²) in [5.41, 5.74) is 0. The summed E-state index contributed by atoms with van der Waals surface area (Å²) in [4.78, 5) is 0. The van der Waals surface area contributed by atoms with E-state index in [4.69, 9.17) is 0 Å². The number of hydrogen-bond acceptors (Lipinski definition) is 2. The molecule has 1 heterocycles. The fourth-order valence-electron chi connectivity index (χ4n) is 1.30. The van der Waals surface area contributed by atoms with E-state index in [1.807, 2.05) is 14.0 Å². The van der Waals surface area contributed by atoms with Crippen LogP contribution >= 0.6 is 0 Å². The van der Waals surface area contributed by atoms with Gasteiger partial charge in [0.1, 0.15) is 6.04 Å². The molecule has 0 spiro atoms. The van der Waals surface area contributed by atoms with Crippen LogP contribution in [0.3, 0.4) is 0 Å². The molecule has 3 nitrogen and oxygen atoms in total. The molecule has 0 aromatic heterocycles. The number of nitrogens with zero attached hydrogens (tertiary/aromatic N) is 2. The van der Waals surface area contributed by atoms with Gasteiger partial charge in [-0.25, -0.2) is 5.21 Å². The first-order chi connectivity index (χ1) is 4.66. The molecule has 1 aliphatic rings. The molecule has 1 unspecified atom stereocenters. The Labute approximate surface area is 61.5 Å². The first-order valence-corrected chi connectivity index (χ1v) is 3.69. The van der Waals surface area contributed by atoms with Crippen LogP contribution in [-0.4, -0.2) is 40.3 Å². The predicted octanol–water partition coefficient (Wildman–Crippen LogP) is 0.530. The Morgan fingerprint density at radius 1 is 1.80 bits per heavy atom. The summed E-state index contributed by atoms with van der Waals surface area (Å²) < 4.78 is 2.11. The van der Waals surface area contributed by atoms with E-state index in [2.05, 4.69) is 11.5 Å². The zero-order chi connectivity index (χ0) is 7.72. The Kier molecular flexibility index (Phi) is 1.94. The van der Waals surface area contributed by atoms with Crippen molar-refractivity contribution in [3.05, 3.63) is 0 Å². The standard InChI is InChI=1S/C7H15N2O/c1-4-7-5-9(10)6(2)8(7)3/h7,10H,4-5H2,1-3H3/q+1. The van der Waals surface area contributed by atoms with Gasteiger partial charge in [0.25, 0.3) is 5.84 Å². The van der Waals surface area contributed by atoms with Crippen LogP contribution in [-0.2, 0) is 0 Å². The summed E-state index contributed by atoms with van der Waals surface area (Å²) in [7, 11) is 2.01. The minimum atomic E-state index is 0.491. The molecule has 1 atom stereocenters. The van der Waals surface area contributed by atoms with E-state index in [1.165, 1.54) is 5.06 Å². The van der Waals surface area contributed by atoms with Crippen LogP contribution < -0.4 is 0 Å². The van der Waals surface area contributed by atoms with Gasteiger partial charge in [0, 0.05) is 6.92 Å². The molecule has 0 radical (unpaired) electrons. The van der Waals surface area contributed by atoms with E-state index in [-0.39, 0.29) is 0 Å². The Bertz CT molecular complexity index is 165. The maximum Gasteiger partial charge on any atom is 0.274 e. The summed E-state index contributed by atoms with van der Waals surface area (Å²) in [5, 5.41) is 10.5. The van der Waals surface area contributed by atoms with Crippen LogP contribution in [0, 0.1) is 0 Å². The fraction of sp³-hybridized carbons (Fsp3) is 0.857. The van der Waals surface area contributed by atoms with Gasteiger partial charge in [0.2, 0.25) is 0 Å². The Morgan fingerprint density at radius 3 is 2.60 bits per heavy atom. The third kappa shape index (κ3) is 1.01. The van der Waals surface area contributed by atoms with Crippen molar-refractivity contribution < 1.29 is 9.78 Å². The SMILES string of the molecule is CCC1CN(O)C(C)=[N+]1C. The molecule has 0 saturated carbocycles. The molecule has 3 heteroatoms. The van der Waals surface area contributed by atoms with Crippen molar-refractivity contribution in [3.8, 4) is 0 Å². The van der Waals surface area contributed by atoms with Crippen molar-refractivity contribution in [3.63, 3.8) is 0 Å². The highest BCUT2D eigenvalue weighted by molar-refractivity contribution is 5.74. The molecule has 0 aromatic carbocycles. The zero-order valence-corrected chi connectivity index (χ0v) is 6.83. The van der Waals surface area contributed by atoms with E-state index in [1.54, 1.807) is 0 Å². The lowest BCUT2D eigenvalue weighted by Gasteiger charge is -2.02. The van der Waals surface area contributed by atoms with Gasteiger partial charge in [-0.15, -0.1) is 5.06 Å². The quantitative estimate of drug-likeness (QED) is 0.542. The smallest absolute Gasteiger partial charge is 0.260 e. The second-order valence-electron chi connectivity index (χ2n) is 2.80.